The lowest BCUT2D eigenvalue weighted by atomic mass is 10.2. The van der Waals surface area contributed by atoms with Crippen LogP contribution in [0, 0.1) is 0 Å². The van der Waals surface area contributed by atoms with Gasteiger partial charge in [-0.3, -0.25) is 9.59 Å². The molecule has 0 radical (unpaired) electrons. The zero-order valence-corrected chi connectivity index (χ0v) is 10.4. The molecule has 1 aromatic carbocycles. The van der Waals surface area contributed by atoms with E-state index in [1.54, 1.807) is 25.1 Å². The Morgan fingerprint density at radius 2 is 2.19 bits per heavy atom. The van der Waals surface area contributed by atoms with Crippen molar-refractivity contribution in [3.63, 3.8) is 0 Å². The fraction of sp³-hybridized carbons (Fsp3) is 0.273. The summed E-state index contributed by atoms with van der Waals surface area (Å²) in [5, 5.41) is 2.48. The van der Waals surface area contributed by atoms with E-state index >= 15 is 0 Å². The number of nitrogens with one attached hydrogen (secondary N) is 1. The van der Waals surface area contributed by atoms with Gasteiger partial charge < -0.3 is 10.1 Å². The van der Waals surface area contributed by atoms with Crippen LogP contribution in [0.2, 0.25) is 0 Å². The summed E-state index contributed by atoms with van der Waals surface area (Å²) >= 11 is 3.26. The first-order chi connectivity index (χ1) is 7.63. The third kappa shape index (κ3) is 4.02. The Morgan fingerprint density at radius 1 is 1.44 bits per heavy atom. The largest absolute Gasteiger partial charge is 0.465 e. The van der Waals surface area contributed by atoms with Gasteiger partial charge >= 0.3 is 5.97 Å². The molecular formula is C11H12BrNO3. The highest BCUT2D eigenvalue weighted by Crippen LogP contribution is 2.11. The number of amides is 1. The van der Waals surface area contributed by atoms with E-state index in [2.05, 4.69) is 26.0 Å². The van der Waals surface area contributed by atoms with Gasteiger partial charge in [0.05, 0.1) is 6.61 Å². The highest BCUT2D eigenvalue weighted by atomic mass is 79.9. The van der Waals surface area contributed by atoms with Gasteiger partial charge in [-0.1, -0.05) is 22.0 Å². The van der Waals surface area contributed by atoms with E-state index in [1.165, 1.54) is 0 Å². The number of carbonyl (C=O) groups is 2. The van der Waals surface area contributed by atoms with Crippen molar-refractivity contribution in [1.82, 2.24) is 5.32 Å². The van der Waals surface area contributed by atoms with Crippen LogP contribution in [0.15, 0.2) is 28.7 Å². The lowest BCUT2D eigenvalue weighted by molar-refractivity contribution is -0.141. The summed E-state index contributed by atoms with van der Waals surface area (Å²) in [6.07, 6.45) is 0. The fourth-order valence-corrected chi connectivity index (χ4v) is 1.50. The number of hydrogen-bond acceptors (Lipinski definition) is 3. The van der Waals surface area contributed by atoms with E-state index < -0.39 is 5.97 Å². The second kappa shape index (κ2) is 6.27. The van der Waals surface area contributed by atoms with Crippen molar-refractivity contribution in [3.05, 3.63) is 34.3 Å². The maximum absolute atomic E-state index is 11.6. The van der Waals surface area contributed by atoms with Crippen LogP contribution in [-0.4, -0.2) is 25.0 Å². The molecule has 0 saturated carbocycles. The molecule has 16 heavy (non-hydrogen) atoms. The SMILES string of the molecule is CCOC(=O)CNC(=O)c1cccc(Br)c1. The smallest absolute Gasteiger partial charge is 0.325 e. The van der Waals surface area contributed by atoms with Gasteiger partial charge in [0.1, 0.15) is 6.54 Å². The minimum atomic E-state index is -0.439. The first-order valence-electron chi connectivity index (χ1n) is 4.83. The van der Waals surface area contributed by atoms with Crippen molar-refractivity contribution in [2.75, 3.05) is 13.2 Å². The molecule has 0 heterocycles. The van der Waals surface area contributed by atoms with Crippen LogP contribution in [0.3, 0.4) is 0 Å². The summed E-state index contributed by atoms with van der Waals surface area (Å²) in [6.45, 7) is 1.92. The number of carbonyl (C=O) groups excluding carboxylic acids is 2. The number of rotatable bonds is 4. The minimum absolute atomic E-state index is 0.112. The van der Waals surface area contributed by atoms with Crippen LogP contribution in [-0.2, 0) is 9.53 Å². The van der Waals surface area contributed by atoms with Crippen molar-refractivity contribution >= 4 is 27.8 Å². The summed E-state index contributed by atoms with van der Waals surface area (Å²) in [5.74, 6) is -0.736. The first kappa shape index (κ1) is 12.7. The number of benzene rings is 1. The lowest BCUT2D eigenvalue weighted by Gasteiger charge is -2.05. The average Bonchev–Trinajstić information content (AvgIpc) is 2.26. The van der Waals surface area contributed by atoms with Gasteiger partial charge in [-0.25, -0.2) is 0 Å². The molecule has 1 N–H and O–H groups in total. The van der Waals surface area contributed by atoms with Gasteiger partial charge in [-0.2, -0.15) is 0 Å². The molecule has 86 valence electrons. The topological polar surface area (TPSA) is 55.4 Å². The normalized spacial score (nSPS) is 9.62. The molecule has 0 atom stereocenters. The van der Waals surface area contributed by atoms with E-state index in [4.69, 9.17) is 0 Å². The van der Waals surface area contributed by atoms with Gasteiger partial charge in [0.15, 0.2) is 0 Å². The highest BCUT2D eigenvalue weighted by Gasteiger charge is 2.08. The standard InChI is InChI=1S/C11H12BrNO3/c1-2-16-10(14)7-13-11(15)8-4-3-5-9(12)6-8/h3-6H,2,7H2,1H3,(H,13,15). The summed E-state index contributed by atoms with van der Waals surface area (Å²) in [5.41, 5.74) is 0.499. The van der Waals surface area contributed by atoms with Crippen LogP contribution < -0.4 is 5.32 Å². The van der Waals surface area contributed by atoms with Crippen molar-refractivity contribution in [2.24, 2.45) is 0 Å². The van der Waals surface area contributed by atoms with Crippen molar-refractivity contribution in [3.8, 4) is 0 Å². The molecule has 1 amide bonds. The molecule has 0 unspecified atom stereocenters. The predicted octanol–water partition coefficient (Wildman–Crippen LogP) is 1.74. The highest BCUT2D eigenvalue weighted by molar-refractivity contribution is 9.10. The van der Waals surface area contributed by atoms with Gasteiger partial charge in [-0.05, 0) is 25.1 Å². The molecule has 0 aromatic heterocycles. The molecule has 0 spiro atoms. The molecule has 5 heteroatoms. The number of esters is 1. The zero-order valence-electron chi connectivity index (χ0n) is 8.83. The maximum Gasteiger partial charge on any atom is 0.325 e. The molecule has 1 rings (SSSR count). The predicted molar refractivity (Wildman–Crippen MR) is 63.1 cm³/mol. The first-order valence-corrected chi connectivity index (χ1v) is 5.62. The van der Waals surface area contributed by atoms with Gasteiger partial charge in [0, 0.05) is 10.0 Å². The van der Waals surface area contributed by atoms with E-state index in [0.717, 1.165) is 4.47 Å². The molecule has 1 aromatic rings. The quantitative estimate of drug-likeness (QED) is 0.858. The second-order valence-corrected chi connectivity index (χ2v) is 3.91. The Bertz CT molecular complexity index is 393. The number of hydrogen-bond donors (Lipinski definition) is 1. The van der Waals surface area contributed by atoms with Gasteiger partial charge in [0.25, 0.3) is 5.91 Å². The van der Waals surface area contributed by atoms with E-state index in [-0.39, 0.29) is 12.5 Å². The Morgan fingerprint density at radius 3 is 2.81 bits per heavy atom. The number of ether oxygens (including phenoxy) is 1. The van der Waals surface area contributed by atoms with Crippen LogP contribution in [0.4, 0.5) is 0 Å². The fourth-order valence-electron chi connectivity index (χ4n) is 1.10. The molecule has 0 aliphatic carbocycles. The van der Waals surface area contributed by atoms with E-state index in [1.807, 2.05) is 6.07 Å². The Balaban J connectivity index is 2.50. The molecule has 0 fully saturated rings. The van der Waals surface area contributed by atoms with Crippen molar-refractivity contribution in [2.45, 2.75) is 6.92 Å². The Labute approximate surface area is 102 Å². The van der Waals surface area contributed by atoms with Gasteiger partial charge in [0.2, 0.25) is 0 Å². The van der Waals surface area contributed by atoms with Gasteiger partial charge in [-0.15, -0.1) is 0 Å². The molecule has 4 nitrogen and oxygen atoms in total. The van der Waals surface area contributed by atoms with Crippen molar-refractivity contribution in [1.29, 1.82) is 0 Å². The summed E-state index contributed by atoms with van der Waals surface area (Å²) in [7, 11) is 0. The molecule has 0 bridgehead atoms. The molecule has 0 saturated heterocycles. The van der Waals surface area contributed by atoms with Crippen LogP contribution in [0.25, 0.3) is 0 Å². The Hall–Kier alpha value is -1.36. The Kier molecular flexibility index (Phi) is 4.98. The summed E-state index contributed by atoms with van der Waals surface area (Å²) in [4.78, 5) is 22.6. The van der Waals surface area contributed by atoms with Crippen LogP contribution >= 0.6 is 15.9 Å². The average molecular weight is 286 g/mol. The van der Waals surface area contributed by atoms with Crippen LogP contribution in [0.5, 0.6) is 0 Å². The van der Waals surface area contributed by atoms with E-state index in [9.17, 15) is 9.59 Å². The molecule has 0 aliphatic rings. The second-order valence-electron chi connectivity index (χ2n) is 3.00. The third-order valence-corrected chi connectivity index (χ3v) is 2.28. The van der Waals surface area contributed by atoms with E-state index in [0.29, 0.717) is 12.2 Å². The zero-order chi connectivity index (χ0) is 12.0. The third-order valence-electron chi connectivity index (χ3n) is 1.79. The summed E-state index contributed by atoms with van der Waals surface area (Å²) in [6, 6.07) is 6.93. The molecule has 0 aliphatic heterocycles. The van der Waals surface area contributed by atoms with Crippen molar-refractivity contribution < 1.29 is 14.3 Å². The maximum atomic E-state index is 11.6. The van der Waals surface area contributed by atoms with Crippen LogP contribution in [0.1, 0.15) is 17.3 Å². The summed E-state index contributed by atoms with van der Waals surface area (Å²) < 4.78 is 5.50. The lowest BCUT2D eigenvalue weighted by Crippen LogP contribution is -2.30. The molecular weight excluding hydrogens is 274 g/mol. The minimum Gasteiger partial charge on any atom is -0.465 e. The monoisotopic (exact) mass is 285 g/mol. The number of halogens is 1.